The van der Waals surface area contributed by atoms with Crippen molar-refractivity contribution in [2.45, 2.75) is 6.42 Å². The molecule has 0 unspecified atom stereocenters. The van der Waals surface area contributed by atoms with Gasteiger partial charge in [0.15, 0.2) is 0 Å². The Hall–Kier alpha value is -2.97. The van der Waals surface area contributed by atoms with E-state index in [0.717, 1.165) is 0 Å². The predicted molar refractivity (Wildman–Crippen MR) is 107 cm³/mol. The number of nitrogens with zero attached hydrogens (tertiary/aromatic N) is 4. The SMILES string of the molecule is CN(C)CCN1C(=O)CC(=O)N(c2ccccc2[N+](=O)[O-])c2cc(Cl)ccc21. The number of amides is 2. The number of carbonyl (C=O) groups excluding carboxylic acids is 2. The van der Waals surface area contributed by atoms with Crippen LogP contribution in [0.1, 0.15) is 6.42 Å². The number of rotatable bonds is 5. The highest BCUT2D eigenvalue weighted by Crippen LogP contribution is 2.42. The zero-order chi connectivity index (χ0) is 20.4. The molecule has 0 N–H and O–H groups in total. The summed E-state index contributed by atoms with van der Waals surface area (Å²) >= 11 is 6.16. The molecule has 1 aliphatic rings. The molecule has 1 heterocycles. The van der Waals surface area contributed by atoms with Gasteiger partial charge in [-0.2, -0.15) is 0 Å². The van der Waals surface area contributed by atoms with E-state index in [2.05, 4.69) is 0 Å². The first-order valence-electron chi connectivity index (χ1n) is 8.60. The largest absolute Gasteiger partial charge is 0.309 e. The van der Waals surface area contributed by atoms with Crippen molar-refractivity contribution < 1.29 is 14.5 Å². The second-order valence-electron chi connectivity index (χ2n) is 6.63. The highest BCUT2D eigenvalue weighted by atomic mass is 35.5. The average Bonchev–Trinajstić information content (AvgIpc) is 2.72. The zero-order valence-electron chi connectivity index (χ0n) is 15.5. The summed E-state index contributed by atoms with van der Waals surface area (Å²) in [5.74, 6) is -0.910. The van der Waals surface area contributed by atoms with Gasteiger partial charge in [-0.05, 0) is 38.4 Å². The van der Waals surface area contributed by atoms with Gasteiger partial charge in [0, 0.05) is 24.2 Å². The second-order valence-corrected chi connectivity index (χ2v) is 7.07. The molecule has 0 radical (unpaired) electrons. The molecule has 2 amide bonds. The maximum absolute atomic E-state index is 13.0. The highest BCUT2D eigenvalue weighted by Gasteiger charge is 2.35. The van der Waals surface area contributed by atoms with Crippen LogP contribution in [0, 0.1) is 10.1 Å². The Balaban J connectivity index is 2.20. The monoisotopic (exact) mass is 402 g/mol. The molecule has 3 rings (SSSR count). The van der Waals surface area contributed by atoms with Gasteiger partial charge >= 0.3 is 0 Å². The number of para-hydroxylation sites is 2. The predicted octanol–water partition coefficient (Wildman–Crippen LogP) is 3.21. The van der Waals surface area contributed by atoms with Crippen LogP contribution in [0.3, 0.4) is 0 Å². The first kappa shape index (κ1) is 19.8. The molecule has 2 aromatic rings. The molecule has 0 saturated carbocycles. The molecule has 0 atom stereocenters. The molecule has 146 valence electrons. The molecule has 0 bridgehead atoms. The van der Waals surface area contributed by atoms with E-state index in [4.69, 9.17) is 11.6 Å². The molecule has 0 fully saturated rings. The minimum atomic E-state index is -0.552. The van der Waals surface area contributed by atoms with Crippen LogP contribution in [0.15, 0.2) is 42.5 Å². The van der Waals surface area contributed by atoms with Gasteiger partial charge in [0.2, 0.25) is 11.8 Å². The average molecular weight is 403 g/mol. The molecule has 9 heteroatoms. The summed E-state index contributed by atoms with van der Waals surface area (Å²) in [6, 6.07) is 10.8. The van der Waals surface area contributed by atoms with Gasteiger partial charge in [-0.15, -0.1) is 0 Å². The van der Waals surface area contributed by atoms with Crippen molar-refractivity contribution in [3.05, 3.63) is 57.6 Å². The van der Waals surface area contributed by atoms with Gasteiger partial charge in [-0.3, -0.25) is 24.6 Å². The number of benzene rings is 2. The van der Waals surface area contributed by atoms with Crippen LogP contribution >= 0.6 is 11.6 Å². The minimum Gasteiger partial charge on any atom is -0.309 e. The van der Waals surface area contributed by atoms with Crippen molar-refractivity contribution in [1.29, 1.82) is 0 Å². The fourth-order valence-corrected chi connectivity index (χ4v) is 3.26. The van der Waals surface area contributed by atoms with Crippen LogP contribution in [0.25, 0.3) is 0 Å². The first-order chi connectivity index (χ1) is 13.3. The zero-order valence-corrected chi connectivity index (χ0v) is 16.2. The maximum Gasteiger partial charge on any atom is 0.293 e. The lowest BCUT2D eigenvalue weighted by Crippen LogP contribution is -2.36. The van der Waals surface area contributed by atoms with E-state index in [1.54, 1.807) is 24.3 Å². The van der Waals surface area contributed by atoms with Crippen LogP contribution in [0.2, 0.25) is 5.02 Å². The van der Waals surface area contributed by atoms with E-state index < -0.39 is 17.3 Å². The van der Waals surface area contributed by atoms with Crippen LogP contribution in [0.5, 0.6) is 0 Å². The van der Waals surface area contributed by atoms with Crippen LogP contribution in [-0.4, -0.2) is 48.8 Å². The van der Waals surface area contributed by atoms with E-state index in [0.29, 0.717) is 29.5 Å². The normalized spacial score (nSPS) is 14.3. The van der Waals surface area contributed by atoms with Crippen LogP contribution < -0.4 is 9.80 Å². The minimum absolute atomic E-state index is 0.100. The highest BCUT2D eigenvalue weighted by molar-refractivity contribution is 6.31. The van der Waals surface area contributed by atoms with E-state index in [9.17, 15) is 19.7 Å². The first-order valence-corrected chi connectivity index (χ1v) is 8.98. The lowest BCUT2D eigenvalue weighted by molar-refractivity contribution is -0.384. The van der Waals surface area contributed by atoms with Crippen LogP contribution in [0.4, 0.5) is 22.7 Å². The van der Waals surface area contributed by atoms with Gasteiger partial charge in [0.25, 0.3) is 5.69 Å². The second kappa shape index (κ2) is 7.95. The van der Waals surface area contributed by atoms with Crippen molar-refractivity contribution >= 4 is 46.2 Å². The van der Waals surface area contributed by atoms with Crippen LogP contribution in [-0.2, 0) is 9.59 Å². The summed E-state index contributed by atoms with van der Waals surface area (Å²) in [4.78, 5) is 41.3. The molecule has 2 aromatic carbocycles. The Bertz CT molecular complexity index is 947. The van der Waals surface area contributed by atoms with E-state index in [-0.39, 0.29) is 17.3 Å². The molecule has 0 aliphatic carbocycles. The number of fused-ring (bicyclic) bond motifs is 1. The summed E-state index contributed by atoms with van der Waals surface area (Å²) in [7, 11) is 3.77. The standard InChI is InChI=1S/C19H19ClN4O4/c1-21(2)9-10-22-14-8-7-13(20)11-17(14)23(19(26)12-18(22)25)15-5-3-4-6-16(15)24(27)28/h3-8,11H,9-10,12H2,1-2H3. The maximum atomic E-state index is 13.0. The van der Waals surface area contributed by atoms with Crippen molar-refractivity contribution in [3.8, 4) is 0 Å². The lowest BCUT2D eigenvalue weighted by atomic mass is 10.2. The van der Waals surface area contributed by atoms with E-state index in [1.165, 1.54) is 28.0 Å². The van der Waals surface area contributed by atoms with Gasteiger partial charge < -0.3 is 9.80 Å². The lowest BCUT2D eigenvalue weighted by Gasteiger charge is -2.26. The summed E-state index contributed by atoms with van der Waals surface area (Å²) in [5.41, 5.74) is 0.705. The number of carbonyl (C=O) groups is 2. The van der Waals surface area contributed by atoms with Gasteiger partial charge in [-0.1, -0.05) is 23.7 Å². The van der Waals surface area contributed by atoms with E-state index in [1.807, 2.05) is 19.0 Å². The summed E-state index contributed by atoms with van der Waals surface area (Å²) in [5, 5.41) is 11.9. The summed E-state index contributed by atoms with van der Waals surface area (Å²) in [6.07, 6.45) is -0.397. The molecule has 1 aliphatic heterocycles. The molecular weight excluding hydrogens is 384 g/mol. The van der Waals surface area contributed by atoms with Gasteiger partial charge in [0.05, 0.1) is 16.3 Å². The molecule has 28 heavy (non-hydrogen) atoms. The number of anilines is 3. The quantitative estimate of drug-likeness (QED) is 0.435. The summed E-state index contributed by atoms with van der Waals surface area (Å²) in [6.45, 7) is 0.964. The van der Waals surface area contributed by atoms with Crippen molar-refractivity contribution in [2.24, 2.45) is 0 Å². The third-order valence-corrected chi connectivity index (χ3v) is 4.65. The Labute approximate surface area is 167 Å². The third kappa shape index (κ3) is 3.83. The van der Waals surface area contributed by atoms with E-state index >= 15 is 0 Å². The number of nitro benzene ring substituents is 1. The Morgan fingerprint density at radius 1 is 1.07 bits per heavy atom. The Morgan fingerprint density at radius 3 is 2.46 bits per heavy atom. The molecule has 8 nitrogen and oxygen atoms in total. The topological polar surface area (TPSA) is 87.0 Å². The molecule has 0 spiro atoms. The Kier molecular flexibility index (Phi) is 5.62. The number of hydrogen-bond acceptors (Lipinski definition) is 5. The number of likely N-dealkylation sites (N-methyl/N-ethyl adjacent to an activating group) is 1. The van der Waals surface area contributed by atoms with Crippen molar-refractivity contribution in [1.82, 2.24) is 4.90 Å². The fraction of sp³-hybridized carbons (Fsp3) is 0.263. The van der Waals surface area contributed by atoms with Gasteiger partial charge in [-0.25, -0.2) is 0 Å². The van der Waals surface area contributed by atoms with Crippen molar-refractivity contribution in [3.63, 3.8) is 0 Å². The fourth-order valence-electron chi connectivity index (χ4n) is 3.09. The molecule has 0 saturated heterocycles. The third-order valence-electron chi connectivity index (χ3n) is 4.41. The summed E-state index contributed by atoms with van der Waals surface area (Å²) < 4.78 is 0. The number of hydrogen-bond donors (Lipinski definition) is 0. The number of halogens is 1. The van der Waals surface area contributed by atoms with Gasteiger partial charge in [0.1, 0.15) is 12.1 Å². The van der Waals surface area contributed by atoms with Crippen molar-refractivity contribution in [2.75, 3.05) is 37.0 Å². The number of nitro groups is 1. The smallest absolute Gasteiger partial charge is 0.293 e. The molecular formula is C19H19ClN4O4. The Morgan fingerprint density at radius 2 is 1.79 bits per heavy atom. The molecule has 0 aromatic heterocycles.